The molecule has 0 aliphatic carbocycles. The number of carbonyl (C=O) groups excluding carboxylic acids is 2. The monoisotopic (exact) mass is 1000 g/mol. The van der Waals surface area contributed by atoms with E-state index in [1.54, 1.807) is 36.4 Å². The zero-order chi connectivity index (χ0) is 48.0. The molecule has 7 rings (SSSR count). The number of alkyl halides is 6. The van der Waals surface area contributed by atoms with Crippen molar-refractivity contribution in [1.29, 1.82) is 0 Å². The quantitative estimate of drug-likeness (QED) is 0.107. The highest BCUT2D eigenvalue weighted by atomic mass is 32.2. The van der Waals surface area contributed by atoms with Gasteiger partial charge in [-0.2, -0.15) is 26.3 Å². The molecule has 5 heterocycles. The first-order valence-electron chi connectivity index (χ1n) is 19.7. The van der Waals surface area contributed by atoms with Gasteiger partial charge in [-0.25, -0.2) is 31.8 Å². The number of fused-ring (bicyclic) bond motifs is 2. The largest absolute Gasteiger partial charge is 0.471 e. The summed E-state index contributed by atoms with van der Waals surface area (Å²) in [5.74, 6) is -4.52. The van der Waals surface area contributed by atoms with Crippen LogP contribution < -0.4 is 10.3 Å². The van der Waals surface area contributed by atoms with Crippen molar-refractivity contribution in [3.05, 3.63) is 95.2 Å². The van der Waals surface area contributed by atoms with Crippen LogP contribution in [0.2, 0.25) is 0 Å². The Labute approximate surface area is 386 Å². The maximum atomic E-state index is 13.0. The second kappa shape index (κ2) is 22.2. The Bertz CT molecular complexity index is 2990. The molecule has 6 aromatic rings. The van der Waals surface area contributed by atoms with Crippen molar-refractivity contribution in [2.75, 3.05) is 43.7 Å². The molecule has 2 aromatic carbocycles. The van der Waals surface area contributed by atoms with E-state index in [0.29, 0.717) is 61.0 Å². The van der Waals surface area contributed by atoms with Crippen LogP contribution in [0.1, 0.15) is 45.6 Å². The molecule has 370 valence electrons. The highest BCUT2D eigenvalue weighted by Gasteiger charge is 2.44. The van der Waals surface area contributed by atoms with Gasteiger partial charge in [0.25, 0.3) is 5.56 Å². The van der Waals surface area contributed by atoms with Gasteiger partial charge in [0, 0.05) is 43.1 Å². The molecule has 0 spiro atoms. The number of H-pyrrole nitrogens is 1. The number of amides is 2. The van der Waals surface area contributed by atoms with Crippen molar-refractivity contribution in [1.82, 2.24) is 29.7 Å². The Balaban J connectivity index is 0.000000293. The van der Waals surface area contributed by atoms with E-state index in [1.165, 1.54) is 36.9 Å². The Morgan fingerprint density at radius 1 is 0.721 bits per heavy atom. The second-order valence-corrected chi connectivity index (χ2v) is 19.5. The number of rotatable bonds is 14. The lowest BCUT2D eigenvalue weighted by Crippen LogP contribution is -2.42. The summed E-state index contributed by atoms with van der Waals surface area (Å²) >= 11 is 0. The number of sulfone groups is 2. The van der Waals surface area contributed by atoms with Gasteiger partial charge in [0.05, 0.1) is 59.3 Å². The van der Waals surface area contributed by atoms with E-state index in [0.717, 1.165) is 31.8 Å². The summed E-state index contributed by atoms with van der Waals surface area (Å²) in [5, 5.41) is 0.902. The molecule has 0 bridgehead atoms. The predicted octanol–water partition coefficient (Wildman–Crippen LogP) is 7.12. The summed E-state index contributed by atoms with van der Waals surface area (Å²) in [6.07, 6.45) is -3.64. The summed E-state index contributed by atoms with van der Waals surface area (Å²) < 4.78 is 146. The fourth-order valence-corrected chi connectivity index (χ4v) is 7.56. The molecule has 0 saturated carbocycles. The van der Waals surface area contributed by atoms with Crippen molar-refractivity contribution in [3.63, 3.8) is 0 Å². The van der Waals surface area contributed by atoms with E-state index in [4.69, 9.17) is 18.3 Å². The lowest BCUT2D eigenvalue weighted by atomic mass is 10.1. The van der Waals surface area contributed by atoms with E-state index in [1.807, 2.05) is 0 Å². The zero-order valence-corrected chi connectivity index (χ0v) is 36.5. The Morgan fingerprint density at radius 3 is 1.69 bits per heavy atom. The average Bonchev–Trinajstić information content (AvgIpc) is 3.93. The van der Waals surface area contributed by atoms with Gasteiger partial charge in [-0.15, -0.1) is 0 Å². The summed E-state index contributed by atoms with van der Waals surface area (Å²) in [6, 6.07) is 15.8. The Morgan fingerprint density at radius 2 is 1.22 bits per heavy atom. The number of ether oxygens (including phenoxy) is 2. The molecule has 1 N–H and O–H groups in total. The number of aromatic amines is 1. The number of nitrogens with one attached hydrogen (secondary N) is 1. The van der Waals surface area contributed by atoms with Crippen molar-refractivity contribution < 1.29 is 71.1 Å². The number of furan rings is 2. The van der Waals surface area contributed by atoms with E-state index < -0.39 is 87.8 Å². The van der Waals surface area contributed by atoms with Crippen LogP contribution in [0.3, 0.4) is 0 Å². The first-order chi connectivity index (χ1) is 30.9. The average molecular weight is 1000 g/mol. The first-order valence-corrected chi connectivity index (χ1v) is 23.8. The number of nitrogens with zero attached hydrogens (tertiary/aromatic N) is 5. The maximum absolute atomic E-state index is 13.0. The minimum Gasteiger partial charge on any atom is -0.459 e. The van der Waals surface area contributed by atoms with Crippen LogP contribution in [0.4, 0.5) is 26.3 Å². The van der Waals surface area contributed by atoms with Crippen LogP contribution in [-0.2, 0) is 47.1 Å². The van der Waals surface area contributed by atoms with Gasteiger partial charge in [0.1, 0.15) is 49.0 Å². The highest BCUT2D eigenvalue weighted by molar-refractivity contribution is 7.90. The molecule has 1 unspecified atom stereocenters. The lowest BCUT2D eigenvalue weighted by molar-refractivity contribution is -0.186. The standard InChI is InChI=1S/C23H24F3N3O6S.C18H16F3N3O5S.2CH4/c1-36(31,32)11-9-29(22(30)23(24,25)26)13-16-6-8-19(34-16)15-5-7-18-17(12-15)21(28-14-27-18)35-20-4-2-3-10-33-20;1-30(27,28)7-6-24(17(26)18(19,20)21)9-12-3-5-15(29-12)11-2-4-14-13(8-11)16(25)23-10-22-14;;/h5-8,12,14,20H,2-4,9-11,13H2,1H3;2-5,8,10H,6-7,9H2,1H3,(H,22,23,25);2*1H4. The molecule has 68 heavy (non-hydrogen) atoms. The number of hydrogen-bond acceptors (Lipinski definition) is 14. The van der Waals surface area contributed by atoms with E-state index in [2.05, 4.69) is 19.9 Å². The molecular weight excluding hydrogens is 955 g/mol. The summed E-state index contributed by atoms with van der Waals surface area (Å²) in [7, 11) is -7.17. The van der Waals surface area contributed by atoms with Crippen molar-refractivity contribution in [3.8, 4) is 28.5 Å². The molecule has 1 aliphatic rings. The van der Waals surface area contributed by atoms with Gasteiger partial charge in [-0.1, -0.05) is 14.9 Å². The molecule has 4 aromatic heterocycles. The summed E-state index contributed by atoms with van der Waals surface area (Å²) in [4.78, 5) is 51.1. The Kier molecular flexibility index (Phi) is 17.7. The third-order valence-electron chi connectivity index (χ3n) is 9.73. The summed E-state index contributed by atoms with van der Waals surface area (Å²) in [5.41, 5.74) is 1.78. The highest BCUT2D eigenvalue weighted by Crippen LogP contribution is 2.32. The number of aromatic nitrogens is 4. The molecule has 2 amide bonds. The molecule has 1 aliphatic heterocycles. The minimum atomic E-state index is -5.15. The Hall–Kier alpha value is -6.34. The summed E-state index contributed by atoms with van der Waals surface area (Å²) in [6.45, 7) is -1.76. The van der Waals surface area contributed by atoms with E-state index in [-0.39, 0.29) is 37.7 Å². The molecule has 25 heteroatoms. The third-order valence-corrected chi connectivity index (χ3v) is 11.6. The molecule has 0 radical (unpaired) electrons. The molecular formula is C43H48F6N6O11S2. The van der Waals surface area contributed by atoms with Crippen LogP contribution >= 0.6 is 0 Å². The zero-order valence-electron chi connectivity index (χ0n) is 34.9. The molecule has 1 fully saturated rings. The van der Waals surface area contributed by atoms with Crippen molar-refractivity contribution >= 4 is 53.3 Å². The van der Waals surface area contributed by atoms with Gasteiger partial charge in [-0.3, -0.25) is 14.4 Å². The van der Waals surface area contributed by atoms with Gasteiger partial charge < -0.3 is 33.1 Å². The lowest BCUT2D eigenvalue weighted by Gasteiger charge is -2.23. The van der Waals surface area contributed by atoms with Gasteiger partial charge in [-0.05, 0) is 73.5 Å². The number of benzene rings is 2. The van der Waals surface area contributed by atoms with Crippen LogP contribution in [0.5, 0.6) is 5.88 Å². The van der Waals surface area contributed by atoms with Crippen LogP contribution in [-0.4, -0.2) is 121 Å². The van der Waals surface area contributed by atoms with E-state index in [9.17, 15) is 57.6 Å². The van der Waals surface area contributed by atoms with Gasteiger partial charge in [0.15, 0.2) is 0 Å². The molecule has 17 nitrogen and oxygen atoms in total. The van der Waals surface area contributed by atoms with Gasteiger partial charge in [0.2, 0.25) is 12.2 Å². The number of halogens is 6. The first kappa shape index (κ1) is 54.3. The van der Waals surface area contributed by atoms with Crippen LogP contribution in [0.25, 0.3) is 44.5 Å². The molecule has 1 atom stereocenters. The van der Waals surface area contributed by atoms with Crippen molar-refractivity contribution in [2.24, 2.45) is 0 Å². The van der Waals surface area contributed by atoms with E-state index >= 15 is 0 Å². The predicted molar refractivity (Wildman–Crippen MR) is 237 cm³/mol. The number of carbonyl (C=O) groups is 2. The SMILES string of the molecule is C.C.CS(=O)(=O)CCN(Cc1ccc(-c2ccc3nc[nH]c(=O)c3c2)o1)C(=O)C(F)(F)F.CS(=O)(=O)CCN(Cc1ccc(-c2ccc3ncnc(OC4CCCCO4)c3c2)o1)C(=O)C(F)(F)F. The minimum absolute atomic E-state index is 0. The maximum Gasteiger partial charge on any atom is 0.471 e. The van der Waals surface area contributed by atoms with Gasteiger partial charge >= 0.3 is 24.2 Å². The topological polar surface area (TPSA) is 225 Å². The number of hydrogen-bond donors (Lipinski definition) is 1. The molecule has 1 saturated heterocycles. The second-order valence-electron chi connectivity index (χ2n) is 15.0. The normalized spacial score (nSPS) is 14.3. The third kappa shape index (κ3) is 14.8. The fourth-order valence-electron chi connectivity index (χ4n) is 6.46. The van der Waals surface area contributed by atoms with Crippen LogP contribution in [0.15, 0.2) is 86.9 Å². The van der Waals surface area contributed by atoms with Crippen molar-refractivity contribution in [2.45, 2.75) is 65.8 Å². The smallest absolute Gasteiger partial charge is 0.459 e. The van der Waals surface area contributed by atoms with Crippen LogP contribution in [0, 0.1) is 0 Å². The fraction of sp³-hybridized carbons (Fsp3) is 0.395.